The van der Waals surface area contributed by atoms with Crippen molar-refractivity contribution in [2.45, 2.75) is 38.2 Å². The maximum Gasteiger partial charge on any atom is 0.346 e. The van der Waals surface area contributed by atoms with Crippen molar-refractivity contribution in [2.75, 3.05) is 29.9 Å². The second-order valence-electron chi connectivity index (χ2n) is 9.56. The van der Waals surface area contributed by atoms with E-state index in [9.17, 15) is 23.9 Å². The minimum absolute atomic E-state index is 0.0512. The molecule has 0 saturated carbocycles. The number of hydrogen-bond donors (Lipinski definition) is 3. The molecular weight excluding hydrogens is 555 g/mol. The Balaban J connectivity index is 1.34. The van der Waals surface area contributed by atoms with Gasteiger partial charge in [0.1, 0.15) is 11.6 Å². The Morgan fingerprint density at radius 3 is 2.56 bits per heavy atom. The average Bonchev–Trinajstić information content (AvgIpc) is 2.95. The fourth-order valence-corrected chi connectivity index (χ4v) is 4.69. The maximum absolute atomic E-state index is 13.4. The van der Waals surface area contributed by atoms with E-state index in [1.165, 1.54) is 12.1 Å². The molecule has 0 fully saturated rings. The lowest BCUT2D eigenvalue weighted by Gasteiger charge is -2.35. The number of nitrogens with one attached hydrogen (secondary N) is 1. The molecule has 216 valence electrons. The molecule has 3 aromatic carbocycles. The van der Waals surface area contributed by atoms with Gasteiger partial charge in [0.25, 0.3) is 5.91 Å². The number of anilines is 2. The lowest BCUT2D eigenvalue weighted by molar-refractivity contribution is -0.145. The van der Waals surface area contributed by atoms with Gasteiger partial charge in [-0.1, -0.05) is 17.7 Å². The molecule has 1 amide bonds. The van der Waals surface area contributed by atoms with E-state index < -0.39 is 23.9 Å². The number of aryl methyl sites for hydroxylation is 1. The predicted octanol–water partition coefficient (Wildman–Crippen LogP) is 5.65. The van der Waals surface area contributed by atoms with Crippen molar-refractivity contribution in [3.8, 4) is 11.5 Å². The second kappa shape index (κ2) is 13.8. The summed E-state index contributed by atoms with van der Waals surface area (Å²) in [6.07, 6.45) is 1.25. The van der Waals surface area contributed by atoms with E-state index in [1.807, 2.05) is 0 Å². The number of carboxylic acids is 2. The van der Waals surface area contributed by atoms with Gasteiger partial charge in [-0.15, -0.1) is 0 Å². The maximum atomic E-state index is 13.4. The SMILES string of the molecule is O=C(O)CCCN1C[C@@H](C(=O)O)Oc2c(NC(=O)c3ccc(OCCCCc4cc(F)ccc4Cl)cc3)cccc21. The first-order valence-electron chi connectivity index (χ1n) is 13.2. The smallest absolute Gasteiger partial charge is 0.346 e. The summed E-state index contributed by atoms with van der Waals surface area (Å²) in [5, 5.41) is 21.9. The number of carbonyl (C=O) groups is 3. The first-order chi connectivity index (χ1) is 19.7. The lowest BCUT2D eigenvalue weighted by Crippen LogP contribution is -2.45. The summed E-state index contributed by atoms with van der Waals surface area (Å²) in [6.45, 7) is 0.822. The normalized spacial score (nSPS) is 14.1. The molecule has 0 bridgehead atoms. The molecule has 3 aromatic rings. The van der Waals surface area contributed by atoms with E-state index in [4.69, 9.17) is 26.2 Å². The van der Waals surface area contributed by atoms with Crippen LogP contribution >= 0.6 is 11.6 Å². The molecule has 0 aliphatic carbocycles. The molecule has 0 radical (unpaired) electrons. The quantitative estimate of drug-likeness (QED) is 0.220. The van der Waals surface area contributed by atoms with Crippen molar-refractivity contribution in [3.63, 3.8) is 0 Å². The van der Waals surface area contributed by atoms with Crippen molar-refractivity contribution < 1.29 is 38.5 Å². The topological polar surface area (TPSA) is 125 Å². The molecule has 1 atom stereocenters. The number of nitrogens with zero attached hydrogens (tertiary/aromatic N) is 1. The molecule has 4 rings (SSSR count). The number of carbonyl (C=O) groups excluding carboxylic acids is 1. The van der Waals surface area contributed by atoms with E-state index in [-0.39, 0.29) is 24.5 Å². The number of carboxylic acid groups (broad SMARTS) is 2. The summed E-state index contributed by atoms with van der Waals surface area (Å²) < 4.78 is 24.9. The van der Waals surface area contributed by atoms with E-state index in [1.54, 1.807) is 53.4 Å². The number of hydrogen-bond acceptors (Lipinski definition) is 6. The molecule has 1 aliphatic rings. The Morgan fingerprint density at radius 1 is 1.05 bits per heavy atom. The van der Waals surface area contributed by atoms with Crippen LogP contribution in [0.3, 0.4) is 0 Å². The zero-order valence-electron chi connectivity index (χ0n) is 22.1. The van der Waals surface area contributed by atoms with Crippen LogP contribution in [-0.4, -0.2) is 53.9 Å². The number of para-hydroxylation sites is 1. The summed E-state index contributed by atoms with van der Waals surface area (Å²) in [5.41, 5.74) is 2.01. The minimum atomic E-state index is -1.17. The number of benzene rings is 3. The van der Waals surface area contributed by atoms with Gasteiger partial charge in [-0.3, -0.25) is 9.59 Å². The van der Waals surface area contributed by atoms with Crippen molar-refractivity contribution in [1.29, 1.82) is 0 Å². The molecule has 0 aromatic heterocycles. The number of ether oxygens (including phenoxy) is 2. The van der Waals surface area contributed by atoms with Crippen LogP contribution in [0.1, 0.15) is 41.6 Å². The summed E-state index contributed by atoms with van der Waals surface area (Å²) >= 11 is 6.10. The number of aliphatic carboxylic acids is 2. The van der Waals surface area contributed by atoms with Gasteiger partial charge in [-0.05, 0) is 85.8 Å². The van der Waals surface area contributed by atoms with Crippen LogP contribution in [0, 0.1) is 5.82 Å². The van der Waals surface area contributed by atoms with Crippen LogP contribution in [0.25, 0.3) is 0 Å². The Bertz CT molecular complexity index is 1400. The molecule has 3 N–H and O–H groups in total. The highest BCUT2D eigenvalue weighted by Gasteiger charge is 2.32. The van der Waals surface area contributed by atoms with Crippen molar-refractivity contribution in [1.82, 2.24) is 0 Å². The van der Waals surface area contributed by atoms with E-state index >= 15 is 0 Å². The molecule has 0 unspecified atom stereocenters. The predicted molar refractivity (Wildman–Crippen MR) is 152 cm³/mol. The van der Waals surface area contributed by atoms with E-state index in [2.05, 4.69) is 5.32 Å². The molecule has 1 heterocycles. The largest absolute Gasteiger partial charge is 0.494 e. The number of unbranched alkanes of at least 4 members (excludes halogenated alkanes) is 1. The van der Waals surface area contributed by atoms with Gasteiger partial charge in [0.15, 0.2) is 5.75 Å². The highest BCUT2D eigenvalue weighted by molar-refractivity contribution is 6.31. The van der Waals surface area contributed by atoms with Gasteiger partial charge in [0, 0.05) is 23.6 Å². The van der Waals surface area contributed by atoms with Crippen LogP contribution in [-0.2, 0) is 16.0 Å². The first kappa shape index (κ1) is 29.7. The number of fused-ring (bicyclic) bond motifs is 1. The van der Waals surface area contributed by atoms with Gasteiger partial charge in [0.2, 0.25) is 6.10 Å². The zero-order valence-corrected chi connectivity index (χ0v) is 22.9. The Hall–Kier alpha value is -4.31. The second-order valence-corrected chi connectivity index (χ2v) is 9.97. The fraction of sp³-hybridized carbons (Fsp3) is 0.300. The number of rotatable bonds is 13. The summed E-state index contributed by atoms with van der Waals surface area (Å²) in [4.78, 5) is 37.4. The Kier molecular flexibility index (Phi) is 10.0. The molecule has 11 heteroatoms. The van der Waals surface area contributed by atoms with Gasteiger partial charge in [-0.2, -0.15) is 0 Å². The number of halogens is 2. The minimum Gasteiger partial charge on any atom is -0.494 e. The molecule has 41 heavy (non-hydrogen) atoms. The standard InChI is InChI=1S/C30H30ClFN2O7/c31-23-14-11-21(32)17-20(23)5-1-2-16-40-22-12-9-19(10-13-22)29(37)33-24-6-3-7-25-28(24)41-26(30(38)39)18-34(25)15-4-8-27(35)36/h3,6-7,9-14,17,26H,1-2,4-5,8,15-16,18H2,(H,33,37)(H,35,36)(H,38,39)/t26-/m0/s1. The molecular formula is C30H30ClFN2O7. The Morgan fingerprint density at radius 2 is 1.83 bits per heavy atom. The van der Waals surface area contributed by atoms with Crippen LogP contribution in [0.5, 0.6) is 11.5 Å². The third-order valence-corrected chi connectivity index (χ3v) is 6.93. The van der Waals surface area contributed by atoms with Crippen LogP contribution in [0.2, 0.25) is 5.02 Å². The highest BCUT2D eigenvalue weighted by Crippen LogP contribution is 2.40. The van der Waals surface area contributed by atoms with Gasteiger partial charge >= 0.3 is 11.9 Å². The van der Waals surface area contributed by atoms with Crippen molar-refractivity contribution in [3.05, 3.63) is 82.6 Å². The zero-order chi connectivity index (χ0) is 29.4. The monoisotopic (exact) mass is 584 g/mol. The third kappa shape index (κ3) is 8.11. The van der Waals surface area contributed by atoms with Gasteiger partial charge in [0.05, 0.1) is 24.5 Å². The summed E-state index contributed by atoms with van der Waals surface area (Å²) in [6, 6.07) is 16.0. The van der Waals surface area contributed by atoms with E-state index in [0.29, 0.717) is 53.7 Å². The van der Waals surface area contributed by atoms with Crippen LogP contribution < -0.4 is 19.7 Å². The molecule has 0 spiro atoms. The van der Waals surface area contributed by atoms with Crippen LogP contribution in [0.15, 0.2) is 60.7 Å². The lowest BCUT2D eigenvalue weighted by atomic mass is 10.1. The van der Waals surface area contributed by atoms with Gasteiger partial charge < -0.3 is 29.9 Å². The number of amides is 1. The Labute approximate surface area is 241 Å². The van der Waals surface area contributed by atoms with Crippen LogP contribution in [0.4, 0.5) is 15.8 Å². The van der Waals surface area contributed by atoms with Gasteiger partial charge in [-0.25, -0.2) is 9.18 Å². The first-order valence-corrected chi connectivity index (χ1v) is 13.6. The highest BCUT2D eigenvalue weighted by atomic mass is 35.5. The fourth-order valence-electron chi connectivity index (χ4n) is 4.48. The summed E-state index contributed by atoms with van der Waals surface area (Å²) in [7, 11) is 0. The van der Waals surface area contributed by atoms with E-state index in [0.717, 1.165) is 18.4 Å². The summed E-state index contributed by atoms with van der Waals surface area (Å²) in [5.74, 6) is -2.02. The molecule has 9 nitrogen and oxygen atoms in total. The van der Waals surface area contributed by atoms with Crippen molar-refractivity contribution >= 4 is 40.8 Å². The molecule has 0 saturated heterocycles. The molecule has 1 aliphatic heterocycles. The van der Waals surface area contributed by atoms with Crippen molar-refractivity contribution in [2.24, 2.45) is 0 Å². The average molecular weight is 585 g/mol. The third-order valence-electron chi connectivity index (χ3n) is 6.56.